The highest BCUT2D eigenvalue weighted by atomic mass is 14.9. The van der Waals surface area contributed by atoms with Crippen LogP contribution in [0.25, 0.3) is 0 Å². The average molecular weight is 170 g/mol. The summed E-state index contributed by atoms with van der Waals surface area (Å²) in [6, 6.07) is 1.08. The van der Waals surface area contributed by atoms with E-state index in [2.05, 4.69) is 19.2 Å². The van der Waals surface area contributed by atoms with E-state index < -0.39 is 0 Å². The van der Waals surface area contributed by atoms with Crippen LogP contribution < -0.4 is 11.1 Å². The van der Waals surface area contributed by atoms with E-state index in [4.69, 9.17) is 5.73 Å². The fourth-order valence-corrected chi connectivity index (χ4v) is 1.57. The van der Waals surface area contributed by atoms with Crippen molar-refractivity contribution in [3.05, 3.63) is 0 Å². The zero-order chi connectivity index (χ0) is 8.97. The highest BCUT2D eigenvalue weighted by Crippen LogP contribution is 2.31. The molecule has 12 heavy (non-hydrogen) atoms. The smallest absolute Gasteiger partial charge is 0.0194 e. The van der Waals surface area contributed by atoms with E-state index in [-0.39, 0.29) is 0 Å². The molecule has 1 fully saturated rings. The van der Waals surface area contributed by atoms with Crippen LogP contribution in [0.1, 0.15) is 39.5 Å². The van der Waals surface area contributed by atoms with Gasteiger partial charge in [-0.1, -0.05) is 13.8 Å². The van der Waals surface area contributed by atoms with E-state index in [1.54, 1.807) is 0 Å². The Morgan fingerprint density at radius 3 is 2.33 bits per heavy atom. The summed E-state index contributed by atoms with van der Waals surface area (Å²) in [5.74, 6) is 0.826. The molecule has 0 aromatic carbocycles. The van der Waals surface area contributed by atoms with Gasteiger partial charge < -0.3 is 11.1 Å². The molecule has 0 amide bonds. The molecule has 0 saturated heterocycles. The molecule has 0 aromatic heterocycles. The Morgan fingerprint density at radius 1 is 1.33 bits per heavy atom. The molecule has 0 spiro atoms. The van der Waals surface area contributed by atoms with E-state index in [9.17, 15) is 0 Å². The van der Waals surface area contributed by atoms with Gasteiger partial charge in [-0.05, 0) is 31.6 Å². The molecular formula is C10H22N2. The summed E-state index contributed by atoms with van der Waals surface area (Å²) in [4.78, 5) is 0. The molecule has 1 unspecified atom stereocenters. The van der Waals surface area contributed by atoms with Crippen LogP contribution >= 0.6 is 0 Å². The first kappa shape index (κ1) is 10.0. The van der Waals surface area contributed by atoms with E-state index in [1.165, 1.54) is 25.7 Å². The number of rotatable bonds is 6. The van der Waals surface area contributed by atoms with Gasteiger partial charge in [0.1, 0.15) is 0 Å². The van der Waals surface area contributed by atoms with Gasteiger partial charge >= 0.3 is 0 Å². The molecule has 1 aliphatic carbocycles. The van der Waals surface area contributed by atoms with Crippen LogP contribution in [0.15, 0.2) is 0 Å². The lowest BCUT2D eigenvalue weighted by Gasteiger charge is -2.18. The number of hydrogen-bond donors (Lipinski definition) is 2. The molecule has 3 N–H and O–H groups in total. The van der Waals surface area contributed by atoms with Gasteiger partial charge in [-0.3, -0.25) is 0 Å². The Bertz CT molecular complexity index is 115. The van der Waals surface area contributed by atoms with Crippen LogP contribution in [-0.4, -0.2) is 18.6 Å². The number of hydrogen-bond acceptors (Lipinski definition) is 2. The van der Waals surface area contributed by atoms with Crippen LogP contribution in [0.2, 0.25) is 0 Å². The summed E-state index contributed by atoms with van der Waals surface area (Å²) in [5.41, 5.74) is 5.97. The fraction of sp³-hybridized carbons (Fsp3) is 1.00. The SMILES string of the molecule is CCC(CC)NCC(N)C1CC1. The molecule has 0 heterocycles. The Morgan fingerprint density at radius 2 is 1.92 bits per heavy atom. The van der Waals surface area contributed by atoms with E-state index >= 15 is 0 Å². The quantitative estimate of drug-likeness (QED) is 0.634. The van der Waals surface area contributed by atoms with Crippen molar-refractivity contribution >= 4 is 0 Å². The second-order valence-corrected chi connectivity index (χ2v) is 3.92. The zero-order valence-electron chi connectivity index (χ0n) is 8.34. The van der Waals surface area contributed by atoms with Crippen LogP contribution in [0.3, 0.4) is 0 Å². The maximum atomic E-state index is 5.97. The van der Waals surface area contributed by atoms with Crippen molar-refractivity contribution in [2.24, 2.45) is 11.7 Å². The normalized spacial score (nSPS) is 20.0. The predicted molar refractivity (Wildman–Crippen MR) is 53.1 cm³/mol. The molecule has 1 rings (SSSR count). The molecule has 2 nitrogen and oxygen atoms in total. The Labute approximate surface area is 75.9 Å². The summed E-state index contributed by atoms with van der Waals surface area (Å²) in [5, 5.41) is 3.52. The highest BCUT2D eigenvalue weighted by Gasteiger charge is 2.28. The third kappa shape index (κ3) is 3.11. The maximum Gasteiger partial charge on any atom is 0.0194 e. The van der Waals surface area contributed by atoms with E-state index in [0.29, 0.717) is 12.1 Å². The fourth-order valence-electron chi connectivity index (χ4n) is 1.57. The first-order valence-corrected chi connectivity index (χ1v) is 5.26. The van der Waals surface area contributed by atoms with Crippen molar-refractivity contribution in [1.82, 2.24) is 5.32 Å². The van der Waals surface area contributed by atoms with Crippen molar-refractivity contribution in [3.8, 4) is 0 Å². The monoisotopic (exact) mass is 170 g/mol. The standard InChI is InChI=1S/C10H22N2/c1-3-9(4-2)12-7-10(11)8-5-6-8/h8-10,12H,3-7,11H2,1-2H3. The maximum absolute atomic E-state index is 5.97. The third-order valence-corrected chi connectivity index (χ3v) is 2.86. The lowest BCUT2D eigenvalue weighted by atomic mass is 10.1. The molecule has 72 valence electrons. The van der Waals surface area contributed by atoms with Crippen LogP contribution in [0, 0.1) is 5.92 Å². The van der Waals surface area contributed by atoms with Crippen LogP contribution in [0.4, 0.5) is 0 Å². The summed E-state index contributed by atoms with van der Waals surface area (Å²) >= 11 is 0. The Balaban J connectivity index is 2.05. The lowest BCUT2D eigenvalue weighted by molar-refractivity contribution is 0.439. The van der Waals surface area contributed by atoms with Gasteiger partial charge in [-0.2, -0.15) is 0 Å². The van der Waals surface area contributed by atoms with E-state index in [1.807, 2.05) is 0 Å². The molecule has 0 aromatic rings. The van der Waals surface area contributed by atoms with Crippen LogP contribution in [0.5, 0.6) is 0 Å². The number of nitrogens with one attached hydrogen (secondary N) is 1. The largest absolute Gasteiger partial charge is 0.326 e. The van der Waals surface area contributed by atoms with Gasteiger partial charge in [0.05, 0.1) is 0 Å². The topological polar surface area (TPSA) is 38.0 Å². The van der Waals surface area contributed by atoms with E-state index in [0.717, 1.165) is 12.5 Å². The minimum Gasteiger partial charge on any atom is -0.326 e. The molecule has 1 aliphatic rings. The highest BCUT2D eigenvalue weighted by molar-refractivity contribution is 4.85. The second-order valence-electron chi connectivity index (χ2n) is 3.92. The van der Waals surface area contributed by atoms with Gasteiger partial charge in [-0.15, -0.1) is 0 Å². The second kappa shape index (κ2) is 4.83. The molecule has 1 atom stereocenters. The van der Waals surface area contributed by atoms with Crippen molar-refractivity contribution < 1.29 is 0 Å². The van der Waals surface area contributed by atoms with Gasteiger partial charge in [0, 0.05) is 18.6 Å². The van der Waals surface area contributed by atoms with Crippen molar-refractivity contribution in [2.45, 2.75) is 51.6 Å². The molecule has 1 saturated carbocycles. The summed E-state index contributed by atoms with van der Waals surface area (Å²) in [6.07, 6.45) is 5.14. The Kier molecular flexibility index (Phi) is 4.02. The lowest BCUT2D eigenvalue weighted by Crippen LogP contribution is -2.40. The third-order valence-electron chi connectivity index (χ3n) is 2.86. The summed E-state index contributed by atoms with van der Waals surface area (Å²) in [7, 11) is 0. The van der Waals surface area contributed by atoms with Gasteiger partial charge in [0.15, 0.2) is 0 Å². The minimum atomic E-state index is 0.408. The van der Waals surface area contributed by atoms with Gasteiger partial charge in [0.2, 0.25) is 0 Å². The van der Waals surface area contributed by atoms with Crippen molar-refractivity contribution in [1.29, 1.82) is 0 Å². The van der Waals surface area contributed by atoms with Crippen molar-refractivity contribution in [3.63, 3.8) is 0 Å². The molecule has 0 bridgehead atoms. The predicted octanol–water partition coefficient (Wildman–Crippen LogP) is 1.50. The van der Waals surface area contributed by atoms with Gasteiger partial charge in [-0.25, -0.2) is 0 Å². The summed E-state index contributed by atoms with van der Waals surface area (Å²) in [6.45, 7) is 5.46. The molecular weight excluding hydrogens is 148 g/mol. The molecule has 2 heteroatoms. The van der Waals surface area contributed by atoms with Crippen LogP contribution in [-0.2, 0) is 0 Å². The first-order chi connectivity index (χ1) is 5.77. The zero-order valence-corrected chi connectivity index (χ0v) is 8.34. The molecule has 0 aliphatic heterocycles. The Hall–Kier alpha value is -0.0800. The number of nitrogens with two attached hydrogens (primary N) is 1. The van der Waals surface area contributed by atoms with Gasteiger partial charge in [0.25, 0.3) is 0 Å². The molecule has 0 radical (unpaired) electrons. The minimum absolute atomic E-state index is 0.408. The first-order valence-electron chi connectivity index (χ1n) is 5.26. The average Bonchev–Trinajstić information content (AvgIpc) is 2.88. The summed E-state index contributed by atoms with van der Waals surface area (Å²) < 4.78 is 0. The van der Waals surface area contributed by atoms with Crippen molar-refractivity contribution in [2.75, 3.05) is 6.54 Å².